The molecule has 0 aliphatic heterocycles. The summed E-state index contributed by atoms with van der Waals surface area (Å²) in [6.07, 6.45) is 0.985. The van der Waals surface area contributed by atoms with Crippen molar-refractivity contribution in [3.05, 3.63) is 34.3 Å². The van der Waals surface area contributed by atoms with Crippen molar-refractivity contribution in [1.29, 1.82) is 0 Å². The lowest BCUT2D eigenvalue weighted by molar-refractivity contribution is 0.145. The van der Waals surface area contributed by atoms with E-state index in [1.165, 1.54) is 5.56 Å². The molecule has 0 aliphatic rings. The van der Waals surface area contributed by atoms with Gasteiger partial charge < -0.3 is 15.0 Å². The van der Waals surface area contributed by atoms with Crippen molar-refractivity contribution in [2.75, 3.05) is 33.9 Å². The fourth-order valence-corrected chi connectivity index (χ4v) is 2.11. The Labute approximate surface area is 153 Å². The maximum absolute atomic E-state index is 5.32. The number of rotatable bonds is 7. The smallest absolute Gasteiger partial charge is 0.193 e. The van der Waals surface area contributed by atoms with Crippen molar-refractivity contribution in [2.24, 2.45) is 4.99 Å². The SMILES string of the molecule is CCOCCCNC(=NC)N(C)Cc1ccc(Br)cc1.I. The van der Waals surface area contributed by atoms with Crippen molar-refractivity contribution in [1.82, 2.24) is 10.2 Å². The quantitative estimate of drug-likeness (QED) is 0.287. The average Bonchev–Trinajstić information content (AvgIpc) is 2.45. The van der Waals surface area contributed by atoms with Crippen LogP contribution in [0.1, 0.15) is 18.9 Å². The highest BCUT2D eigenvalue weighted by molar-refractivity contribution is 14.0. The van der Waals surface area contributed by atoms with Gasteiger partial charge in [0, 0.05) is 44.9 Å². The predicted molar refractivity (Wildman–Crippen MR) is 103 cm³/mol. The summed E-state index contributed by atoms with van der Waals surface area (Å²) in [5.74, 6) is 0.907. The second-order valence-corrected chi connectivity index (χ2v) is 5.42. The summed E-state index contributed by atoms with van der Waals surface area (Å²) in [7, 11) is 3.85. The van der Waals surface area contributed by atoms with Crippen LogP contribution in [0.15, 0.2) is 33.7 Å². The minimum absolute atomic E-state index is 0. The van der Waals surface area contributed by atoms with Gasteiger partial charge in [-0.3, -0.25) is 4.99 Å². The summed E-state index contributed by atoms with van der Waals surface area (Å²) < 4.78 is 6.42. The number of ether oxygens (including phenoxy) is 1. The molecule has 6 heteroatoms. The Bertz CT molecular complexity index is 412. The van der Waals surface area contributed by atoms with E-state index in [4.69, 9.17) is 4.74 Å². The predicted octanol–water partition coefficient (Wildman–Crippen LogP) is 3.50. The molecular formula is C15H25BrIN3O. The molecule has 0 radical (unpaired) electrons. The number of guanidine groups is 1. The van der Waals surface area contributed by atoms with E-state index >= 15 is 0 Å². The van der Waals surface area contributed by atoms with Crippen LogP contribution in [0.4, 0.5) is 0 Å². The topological polar surface area (TPSA) is 36.9 Å². The second kappa shape index (κ2) is 12.2. The standard InChI is InChI=1S/C15H24BrN3O.HI/c1-4-20-11-5-10-18-15(17-2)19(3)12-13-6-8-14(16)9-7-13;/h6-9H,4-5,10-12H2,1-3H3,(H,17,18);1H. The van der Waals surface area contributed by atoms with E-state index in [0.29, 0.717) is 0 Å². The van der Waals surface area contributed by atoms with E-state index < -0.39 is 0 Å². The van der Waals surface area contributed by atoms with E-state index in [0.717, 1.165) is 43.2 Å². The lowest BCUT2D eigenvalue weighted by Gasteiger charge is -2.22. The molecule has 0 fully saturated rings. The Kier molecular flexibility index (Phi) is 12.0. The molecule has 120 valence electrons. The fourth-order valence-electron chi connectivity index (χ4n) is 1.84. The van der Waals surface area contributed by atoms with Crippen molar-refractivity contribution in [2.45, 2.75) is 19.9 Å². The van der Waals surface area contributed by atoms with Crippen LogP contribution < -0.4 is 5.32 Å². The molecule has 1 aromatic carbocycles. The molecule has 1 rings (SSSR count). The van der Waals surface area contributed by atoms with Crippen LogP contribution in [0.2, 0.25) is 0 Å². The minimum atomic E-state index is 0. The second-order valence-electron chi connectivity index (χ2n) is 4.51. The molecule has 0 heterocycles. The molecule has 1 N–H and O–H groups in total. The summed E-state index contributed by atoms with van der Waals surface area (Å²) in [6, 6.07) is 8.34. The van der Waals surface area contributed by atoms with E-state index in [1.807, 2.05) is 21.0 Å². The van der Waals surface area contributed by atoms with Crippen LogP contribution in [-0.4, -0.2) is 44.7 Å². The number of nitrogens with one attached hydrogen (secondary N) is 1. The minimum Gasteiger partial charge on any atom is -0.382 e. The molecule has 0 amide bonds. The zero-order valence-electron chi connectivity index (χ0n) is 12.9. The third-order valence-electron chi connectivity index (χ3n) is 2.86. The van der Waals surface area contributed by atoms with Crippen molar-refractivity contribution >= 4 is 45.9 Å². The van der Waals surface area contributed by atoms with Gasteiger partial charge in [-0.05, 0) is 31.0 Å². The van der Waals surface area contributed by atoms with Crippen LogP contribution in [0, 0.1) is 0 Å². The summed E-state index contributed by atoms with van der Waals surface area (Å²) in [6.45, 7) is 5.28. The van der Waals surface area contributed by atoms with Gasteiger partial charge in [-0.25, -0.2) is 0 Å². The van der Waals surface area contributed by atoms with Gasteiger partial charge in [0.25, 0.3) is 0 Å². The molecule has 0 aliphatic carbocycles. The Morgan fingerprint density at radius 3 is 2.57 bits per heavy atom. The van der Waals surface area contributed by atoms with Gasteiger partial charge in [0.1, 0.15) is 0 Å². The third kappa shape index (κ3) is 8.63. The zero-order chi connectivity index (χ0) is 14.8. The number of hydrogen-bond donors (Lipinski definition) is 1. The third-order valence-corrected chi connectivity index (χ3v) is 3.39. The summed E-state index contributed by atoms with van der Waals surface area (Å²) >= 11 is 3.45. The molecule has 0 aromatic heterocycles. The lowest BCUT2D eigenvalue weighted by atomic mass is 10.2. The summed E-state index contributed by atoms with van der Waals surface area (Å²) in [5, 5.41) is 3.35. The van der Waals surface area contributed by atoms with Gasteiger partial charge in [0.05, 0.1) is 0 Å². The van der Waals surface area contributed by atoms with Gasteiger partial charge in [-0.15, -0.1) is 24.0 Å². The van der Waals surface area contributed by atoms with Gasteiger partial charge in [0.2, 0.25) is 0 Å². The molecule has 0 unspecified atom stereocenters. The highest BCUT2D eigenvalue weighted by atomic mass is 127. The highest BCUT2D eigenvalue weighted by Gasteiger charge is 2.05. The summed E-state index contributed by atoms with van der Waals surface area (Å²) in [5.41, 5.74) is 1.26. The number of halogens is 2. The first-order chi connectivity index (χ1) is 9.67. The van der Waals surface area contributed by atoms with Crippen molar-refractivity contribution in [3.8, 4) is 0 Å². The van der Waals surface area contributed by atoms with E-state index in [2.05, 4.69) is 55.4 Å². The monoisotopic (exact) mass is 469 g/mol. The average molecular weight is 470 g/mol. The van der Waals surface area contributed by atoms with E-state index in [1.54, 1.807) is 0 Å². The molecule has 0 saturated heterocycles. The first kappa shape index (κ1) is 20.7. The van der Waals surface area contributed by atoms with Crippen LogP contribution in [0.5, 0.6) is 0 Å². The Hall–Kier alpha value is -0.340. The van der Waals surface area contributed by atoms with Crippen molar-refractivity contribution < 1.29 is 4.74 Å². The Morgan fingerprint density at radius 1 is 1.33 bits per heavy atom. The van der Waals surface area contributed by atoms with Crippen LogP contribution in [-0.2, 0) is 11.3 Å². The van der Waals surface area contributed by atoms with E-state index in [-0.39, 0.29) is 24.0 Å². The Balaban J connectivity index is 0.00000400. The van der Waals surface area contributed by atoms with Gasteiger partial charge >= 0.3 is 0 Å². The van der Waals surface area contributed by atoms with Crippen molar-refractivity contribution in [3.63, 3.8) is 0 Å². The number of benzene rings is 1. The zero-order valence-corrected chi connectivity index (χ0v) is 16.9. The van der Waals surface area contributed by atoms with Crippen LogP contribution in [0.3, 0.4) is 0 Å². The molecular weight excluding hydrogens is 445 g/mol. The van der Waals surface area contributed by atoms with Crippen LogP contribution in [0.25, 0.3) is 0 Å². The molecule has 0 atom stereocenters. The van der Waals surface area contributed by atoms with Crippen LogP contribution >= 0.6 is 39.9 Å². The normalized spacial score (nSPS) is 11.0. The maximum atomic E-state index is 5.32. The Morgan fingerprint density at radius 2 is 2.00 bits per heavy atom. The van der Waals surface area contributed by atoms with Gasteiger partial charge in [-0.2, -0.15) is 0 Å². The van der Waals surface area contributed by atoms with Gasteiger partial charge in [-0.1, -0.05) is 28.1 Å². The molecule has 4 nitrogen and oxygen atoms in total. The molecule has 1 aromatic rings. The highest BCUT2D eigenvalue weighted by Crippen LogP contribution is 2.11. The largest absolute Gasteiger partial charge is 0.382 e. The summed E-state index contributed by atoms with van der Waals surface area (Å²) in [4.78, 5) is 6.42. The molecule has 0 saturated carbocycles. The lowest BCUT2D eigenvalue weighted by Crippen LogP contribution is -2.39. The first-order valence-electron chi connectivity index (χ1n) is 6.91. The molecule has 21 heavy (non-hydrogen) atoms. The molecule has 0 spiro atoms. The number of hydrogen-bond acceptors (Lipinski definition) is 2. The van der Waals surface area contributed by atoms with Gasteiger partial charge in [0.15, 0.2) is 5.96 Å². The fraction of sp³-hybridized carbons (Fsp3) is 0.533. The maximum Gasteiger partial charge on any atom is 0.193 e. The number of nitrogens with zero attached hydrogens (tertiary/aromatic N) is 2. The molecule has 0 bridgehead atoms. The van der Waals surface area contributed by atoms with E-state index in [9.17, 15) is 0 Å². The number of aliphatic imine (C=N–C) groups is 1. The first-order valence-corrected chi connectivity index (χ1v) is 7.70.